The molecule has 0 aliphatic carbocycles. The van der Waals surface area contributed by atoms with E-state index < -0.39 is 22.1 Å². The van der Waals surface area contributed by atoms with Gasteiger partial charge in [-0.3, -0.25) is 9.69 Å². The van der Waals surface area contributed by atoms with E-state index in [2.05, 4.69) is 11.8 Å². The zero-order valence-electron chi connectivity index (χ0n) is 12.7. The maximum absolute atomic E-state index is 12.6. The molecule has 0 aromatic heterocycles. The number of hydrogen-bond acceptors (Lipinski definition) is 4. The van der Waals surface area contributed by atoms with Gasteiger partial charge in [0, 0.05) is 38.8 Å². The van der Waals surface area contributed by atoms with Crippen LogP contribution in [0.3, 0.4) is 0 Å². The Balaban J connectivity index is 1.98. The molecular weight excluding hydrogens is 294 g/mol. The standard InChI is InChI=1S/C13H25N3O4S/c1-3-14-8-9-16(10-11(14)2)21(19,20)15-6-4-12(5-7-15)13(17)18/h11-12H,3-10H2,1-2H3,(H,17,18). The summed E-state index contributed by atoms with van der Waals surface area (Å²) in [4.78, 5) is 13.2. The molecule has 2 aliphatic heterocycles. The average molecular weight is 319 g/mol. The Morgan fingerprint density at radius 3 is 2.24 bits per heavy atom. The number of likely N-dealkylation sites (N-methyl/N-ethyl adjacent to an activating group) is 1. The monoisotopic (exact) mass is 319 g/mol. The normalized spacial score (nSPS) is 27.8. The molecule has 0 saturated carbocycles. The van der Waals surface area contributed by atoms with Crippen LogP contribution in [-0.4, -0.2) is 78.3 Å². The van der Waals surface area contributed by atoms with Gasteiger partial charge in [-0.2, -0.15) is 17.0 Å². The Morgan fingerprint density at radius 2 is 1.76 bits per heavy atom. The molecule has 0 radical (unpaired) electrons. The minimum Gasteiger partial charge on any atom is -0.481 e. The molecule has 0 amide bonds. The molecule has 0 bridgehead atoms. The van der Waals surface area contributed by atoms with E-state index in [1.165, 1.54) is 4.31 Å². The van der Waals surface area contributed by atoms with E-state index >= 15 is 0 Å². The zero-order chi connectivity index (χ0) is 15.6. The van der Waals surface area contributed by atoms with Crippen LogP contribution in [0.2, 0.25) is 0 Å². The number of piperazine rings is 1. The highest BCUT2D eigenvalue weighted by molar-refractivity contribution is 7.86. The Hall–Kier alpha value is -0.700. The first-order valence-electron chi connectivity index (χ1n) is 7.58. The van der Waals surface area contributed by atoms with Gasteiger partial charge in [-0.05, 0) is 26.3 Å². The summed E-state index contributed by atoms with van der Waals surface area (Å²) >= 11 is 0. The topological polar surface area (TPSA) is 81.2 Å². The van der Waals surface area contributed by atoms with E-state index in [9.17, 15) is 13.2 Å². The molecule has 1 N–H and O–H groups in total. The van der Waals surface area contributed by atoms with E-state index in [1.807, 2.05) is 6.92 Å². The van der Waals surface area contributed by atoms with E-state index in [0.717, 1.165) is 13.1 Å². The quantitative estimate of drug-likeness (QED) is 0.792. The van der Waals surface area contributed by atoms with E-state index in [0.29, 0.717) is 39.0 Å². The minimum atomic E-state index is -3.45. The van der Waals surface area contributed by atoms with Gasteiger partial charge < -0.3 is 5.11 Å². The fourth-order valence-corrected chi connectivity index (χ4v) is 4.85. The third kappa shape index (κ3) is 3.56. The molecule has 2 aliphatic rings. The van der Waals surface area contributed by atoms with Gasteiger partial charge in [0.05, 0.1) is 5.92 Å². The maximum Gasteiger partial charge on any atom is 0.306 e. The molecule has 8 heteroatoms. The van der Waals surface area contributed by atoms with Gasteiger partial charge in [0.25, 0.3) is 10.2 Å². The molecule has 2 fully saturated rings. The lowest BCUT2D eigenvalue weighted by atomic mass is 9.99. The highest BCUT2D eigenvalue weighted by atomic mass is 32.2. The Labute approximate surface area is 126 Å². The first-order chi connectivity index (χ1) is 9.86. The molecule has 1 atom stereocenters. The molecule has 1 unspecified atom stereocenters. The molecular formula is C13H25N3O4S. The summed E-state index contributed by atoms with van der Waals surface area (Å²) in [5.41, 5.74) is 0. The largest absolute Gasteiger partial charge is 0.481 e. The van der Waals surface area contributed by atoms with Gasteiger partial charge in [0.1, 0.15) is 0 Å². The van der Waals surface area contributed by atoms with Crippen molar-refractivity contribution in [3.05, 3.63) is 0 Å². The van der Waals surface area contributed by atoms with Gasteiger partial charge in [0.2, 0.25) is 0 Å². The lowest BCUT2D eigenvalue weighted by Crippen LogP contribution is -2.57. The summed E-state index contributed by atoms with van der Waals surface area (Å²) in [6, 6.07) is 0.218. The van der Waals surface area contributed by atoms with Crippen LogP contribution in [0.25, 0.3) is 0 Å². The van der Waals surface area contributed by atoms with Crippen molar-refractivity contribution in [2.24, 2.45) is 5.92 Å². The number of carbonyl (C=O) groups is 1. The second-order valence-electron chi connectivity index (χ2n) is 5.85. The van der Waals surface area contributed by atoms with Crippen LogP contribution in [0.5, 0.6) is 0 Å². The molecule has 21 heavy (non-hydrogen) atoms. The van der Waals surface area contributed by atoms with Crippen LogP contribution in [0.15, 0.2) is 0 Å². The molecule has 7 nitrogen and oxygen atoms in total. The number of nitrogens with zero attached hydrogens (tertiary/aromatic N) is 3. The van der Waals surface area contributed by atoms with Gasteiger partial charge in [0.15, 0.2) is 0 Å². The third-order valence-corrected chi connectivity index (χ3v) is 6.59. The number of aliphatic carboxylic acids is 1. The highest BCUT2D eigenvalue weighted by Gasteiger charge is 2.37. The average Bonchev–Trinajstić information content (AvgIpc) is 2.47. The number of hydrogen-bond donors (Lipinski definition) is 1. The van der Waals surface area contributed by atoms with Gasteiger partial charge in [-0.1, -0.05) is 6.92 Å². The minimum absolute atomic E-state index is 0.218. The van der Waals surface area contributed by atoms with Crippen LogP contribution >= 0.6 is 0 Å². The van der Waals surface area contributed by atoms with Crippen molar-refractivity contribution in [2.75, 3.05) is 39.3 Å². The molecule has 2 saturated heterocycles. The summed E-state index contributed by atoms with van der Waals surface area (Å²) in [6.45, 7) is 7.44. The van der Waals surface area contributed by atoms with Crippen LogP contribution in [0.4, 0.5) is 0 Å². The summed E-state index contributed by atoms with van der Waals surface area (Å²) in [6.07, 6.45) is 0.804. The number of rotatable bonds is 4. The smallest absolute Gasteiger partial charge is 0.306 e. The molecule has 2 rings (SSSR count). The van der Waals surface area contributed by atoms with Gasteiger partial charge in [-0.25, -0.2) is 0 Å². The van der Waals surface area contributed by atoms with Crippen LogP contribution in [-0.2, 0) is 15.0 Å². The molecule has 0 spiro atoms. The summed E-state index contributed by atoms with van der Waals surface area (Å²) in [5, 5.41) is 8.98. The van der Waals surface area contributed by atoms with E-state index in [1.54, 1.807) is 4.31 Å². The van der Waals surface area contributed by atoms with Crippen molar-refractivity contribution >= 4 is 16.2 Å². The van der Waals surface area contributed by atoms with Gasteiger partial charge >= 0.3 is 5.97 Å². The first kappa shape index (κ1) is 16.7. The van der Waals surface area contributed by atoms with Crippen molar-refractivity contribution in [2.45, 2.75) is 32.7 Å². The number of carboxylic acids is 1. The van der Waals surface area contributed by atoms with Gasteiger partial charge in [-0.15, -0.1) is 0 Å². The third-order valence-electron chi connectivity index (χ3n) is 4.59. The lowest BCUT2D eigenvalue weighted by Gasteiger charge is -2.41. The van der Waals surface area contributed by atoms with Crippen LogP contribution in [0, 0.1) is 5.92 Å². The van der Waals surface area contributed by atoms with Crippen molar-refractivity contribution in [3.8, 4) is 0 Å². The second kappa shape index (κ2) is 6.60. The number of carboxylic acid groups (broad SMARTS) is 1. The summed E-state index contributed by atoms with van der Waals surface area (Å²) in [5.74, 6) is -1.23. The predicted molar refractivity (Wildman–Crippen MR) is 79.1 cm³/mol. The molecule has 0 aromatic carbocycles. The Kier molecular flexibility index (Phi) is 5.24. The zero-order valence-corrected chi connectivity index (χ0v) is 13.5. The number of piperidine rings is 1. The summed E-state index contributed by atoms with van der Waals surface area (Å²) in [7, 11) is -3.45. The van der Waals surface area contributed by atoms with Crippen molar-refractivity contribution < 1.29 is 18.3 Å². The molecule has 122 valence electrons. The fourth-order valence-electron chi connectivity index (χ4n) is 3.14. The SMILES string of the molecule is CCN1CCN(S(=O)(=O)N2CCC(C(=O)O)CC2)CC1C. The Morgan fingerprint density at radius 1 is 1.14 bits per heavy atom. The van der Waals surface area contributed by atoms with Crippen LogP contribution < -0.4 is 0 Å². The maximum atomic E-state index is 12.6. The summed E-state index contributed by atoms with van der Waals surface area (Å²) < 4.78 is 28.3. The van der Waals surface area contributed by atoms with E-state index in [4.69, 9.17) is 5.11 Å². The van der Waals surface area contributed by atoms with Crippen molar-refractivity contribution in [1.29, 1.82) is 0 Å². The van der Waals surface area contributed by atoms with Crippen molar-refractivity contribution in [1.82, 2.24) is 13.5 Å². The predicted octanol–water partition coefficient (Wildman–Crippen LogP) is 0.0538. The second-order valence-corrected chi connectivity index (χ2v) is 7.78. The lowest BCUT2D eigenvalue weighted by molar-refractivity contribution is -0.142. The highest BCUT2D eigenvalue weighted by Crippen LogP contribution is 2.23. The molecule has 2 heterocycles. The first-order valence-corrected chi connectivity index (χ1v) is 8.98. The van der Waals surface area contributed by atoms with Crippen LogP contribution in [0.1, 0.15) is 26.7 Å². The van der Waals surface area contributed by atoms with E-state index in [-0.39, 0.29) is 6.04 Å². The fraction of sp³-hybridized carbons (Fsp3) is 0.923. The Bertz CT molecular complexity index is 474. The molecule has 0 aromatic rings. The van der Waals surface area contributed by atoms with Crippen molar-refractivity contribution in [3.63, 3.8) is 0 Å².